The van der Waals surface area contributed by atoms with Crippen LogP contribution in [-0.4, -0.2) is 56.4 Å². The summed E-state index contributed by atoms with van der Waals surface area (Å²) in [7, 11) is -3.90. The number of hydrogen-bond donors (Lipinski definition) is 7. The Balaban J connectivity index is 1.47. The second-order valence-electron chi connectivity index (χ2n) is 12.1. The Labute approximate surface area is 276 Å². The molecule has 1 aromatic heterocycles. The van der Waals surface area contributed by atoms with Crippen LogP contribution in [-0.2, 0) is 38.3 Å². The topological polar surface area (TPSA) is 190 Å². The Morgan fingerprint density at radius 3 is 2.26 bits per heavy atom. The zero-order valence-corrected chi connectivity index (χ0v) is 27.3. The molecule has 2 heterocycles. The number of pyridine rings is 1. The van der Waals surface area contributed by atoms with Crippen molar-refractivity contribution in [1.29, 1.82) is 5.41 Å². The minimum Gasteiger partial charge on any atom is -0.384 e. The highest BCUT2D eigenvalue weighted by Crippen LogP contribution is 2.19. The molecular formula is C34H46N7O5S+. The molecule has 1 fully saturated rings. The third-order valence-electron chi connectivity index (χ3n) is 8.37. The molecule has 2 aromatic carbocycles. The van der Waals surface area contributed by atoms with Gasteiger partial charge in [0, 0.05) is 29.0 Å². The summed E-state index contributed by atoms with van der Waals surface area (Å²) in [6.07, 6.45) is 7.41. The third kappa shape index (κ3) is 12.1. The van der Waals surface area contributed by atoms with Crippen molar-refractivity contribution in [3.8, 4) is 0 Å². The molecule has 0 unspecified atom stereocenters. The van der Waals surface area contributed by atoms with Crippen molar-refractivity contribution < 1.29 is 27.9 Å². The molecule has 252 valence electrons. The summed E-state index contributed by atoms with van der Waals surface area (Å²) in [5.41, 5.74) is 8.46. The molecule has 1 aliphatic heterocycles. The smallest absolute Gasteiger partial charge is 0.242 e. The number of amides is 2. The number of aromatic nitrogens is 1. The fraction of sp³-hybridized carbons (Fsp3) is 0.412. The molecule has 13 heteroatoms. The fourth-order valence-electron chi connectivity index (χ4n) is 5.65. The van der Waals surface area contributed by atoms with Crippen LogP contribution < -0.4 is 31.1 Å². The molecule has 2 atom stereocenters. The lowest BCUT2D eigenvalue weighted by atomic mass is 9.91. The van der Waals surface area contributed by atoms with Crippen LogP contribution in [0.5, 0.6) is 0 Å². The Hall–Kier alpha value is -4.33. The Morgan fingerprint density at radius 2 is 1.60 bits per heavy atom. The fourth-order valence-corrected chi connectivity index (χ4v) is 7.02. The Morgan fingerprint density at radius 1 is 0.915 bits per heavy atom. The van der Waals surface area contributed by atoms with E-state index in [-0.39, 0.29) is 30.5 Å². The second kappa shape index (κ2) is 17.5. The maximum atomic E-state index is 13.8. The van der Waals surface area contributed by atoms with E-state index in [0.717, 1.165) is 48.2 Å². The molecule has 3 aromatic rings. The molecule has 0 spiro atoms. The first-order valence-electron chi connectivity index (χ1n) is 16.0. The number of sulfonamides is 1. The maximum Gasteiger partial charge on any atom is 0.242 e. The molecule has 0 bridgehead atoms. The first-order valence-corrected chi connectivity index (χ1v) is 17.7. The summed E-state index contributed by atoms with van der Waals surface area (Å²) < 4.78 is 30.0. The second-order valence-corrected chi connectivity index (χ2v) is 13.8. The van der Waals surface area contributed by atoms with Gasteiger partial charge in [-0.05, 0) is 80.6 Å². The van der Waals surface area contributed by atoms with Gasteiger partial charge in [-0.2, -0.15) is 0 Å². The van der Waals surface area contributed by atoms with Crippen LogP contribution in [0.15, 0.2) is 79.1 Å². The van der Waals surface area contributed by atoms with Gasteiger partial charge in [0.05, 0.1) is 5.75 Å². The highest BCUT2D eigenvalue weighted by Gasteiger charge is 2.29. The number of carbonyl (C=O) groups excluding carboxylic acids is 2. The number of nitrogens with zero attached hydrogens (tertiary/aromatic N) is 1. The number of aryl methyl sites for hydroxylation is 1. The zero-order valence-electron chi connectivity index (χ0n) is 26.5. The van der Waals surface area contributed by atoms with Gasteiger partial charge in [0.25, 0.3) is 0 Å². The predicted molar refractivity (Wildman–Crippen MR) is 179 cm³/mol. The van der Waals surface area contributed by atoms with Gasteiger partial charge in [-0.3, -0.25) is 20.2 Å². The number of amidine groups is 1. The van der Waals surface area contributed by atoms with Crippen LogP contribution in [0.4, 0.5) is 0 Å². The van der Waals surface area contributed by atoms with E-state index in [1.165, 1.54) is 12.4 Å². The molecule has 8 N–H and O–H groups in total. The van der Waals surface area contributed by atoms with Crippen LogP contribution in [0.25, 0.3) is 0 Å². The molecule has 0 radical (unpaired) electrons. The molecule has 47 heavy (non-hydrogen) atoms. The van der Waals surface area contributed by atoms with E-state index in [4.69, 9.17) is 11.1 Å². The van der Waals surface area contributed by atoms with Crippen LogP contribution >= 0.6 is 0 Å². The zero-order chi connectivity index (χ0) is 33.6. The van der Waals surface area contributed by atoms with Gasteiger partial charge in [-0.1, -0.05) is 54.6 Å². The van der Waals surface area contributed by atoms with Crippen molar-refractivity contribution in [2.75, 3.05) is 13.1 Å². The van der Waals surface area contributed by atoms with Crippen molar-refractivity contribution >= 4 is 27.7 Å². The molecule has 1 saturated heterocycles. The van der Waals surface area contributed by atoms with E-state index in [2.05, 4.69) is 20.7 Å². The summed E-state index contributed by atoms with van der Waals surface area (Å²) in [6.45, 7) is 2.04. The average Bonchev–Trinajstić information content (AvgIpc) is 3.06. The van der Waals surface area contributed by atoms with Crippen LogP contribution in [0.2, 0.25) is 0 Å². The maximum absolute atomic E-state index is 13.8. The third-order valence-corrected chi connectivity index (χ3v) is 9.72. The quantitative estimate of drug-likeness (QED) is 0.0496. The predicted octanol–water partition coefficient (Wildman–Crippen LogP) is 1.89. The number of piperidine rings is 1. The number of carbonyl (C=O) groups is 2. The van der Waals surface area contributed by atoms with Gasteiger partial charge in [0.2, 0.25) is 34.2 Å². The minimum atomic E-state index is -3.90. The summed E-state index contributed by atoms with van der Waals surface area (Å²) in [5, 5.41) is 26.2. The normalized spacial score (nSPS) is 15.0. The van der Waals surface area contributed by atoms with Gasteiger partial charge in [0.1, 0.15) is 17.9 Å². The van der Waals surface area contributed by atoms with Gasteiger partial charge < -0.3 is 21.7 Å². The average molecular weight is 665 g/mol. The Kier molecular flexibility index (Phi) is 13.3. The number of nitrogens with one attached hydrogen (secondary N) is 5. The molecule has 1 aliphatic rings. The summed E-state index contributed by atoms with van der Waals surface area (Å²) in [6, 6.07) is 17.3. The summed E-state index contributed by atoms with van der Waals surface area (Å²) in [4.78, 5) is 27.3. The first kappa shape index (κ1) is 35.5. The summed E-state index contributed by atoms with van der Waals surface area (Å²) in [5.74, 6) is -0.812. The van der Waals surface area contributed by atoms with Crippen molar-refractivity contribution in [2.45, 2.75) is 69.3 Å². The lowest BCUT2D eigenvalue weighted by molar-refractivity contribution is -0.904. The highest BCUT2D eigenvalue weighted by molar-refractivity contribution is 7.88. The number of rotatable bonds is 17. The summed E-state index contributed by atoms with van der Waals surface area (Å²) >= 11 is 0. The lowest BCUT2D eigenvalue weighted by Crippen LogP contribution is -2.53. The van der Waals surface area contributed by atoms with Crippen LogP contribution in [0.1, 0.15) is 60.8 Å². The molecular weight excluding hydrogens is 618 g/mol. The van der Waals surface area contributed by atoms with E-state index in [1.54, 1.807) is 66.7 Å². The largest absolute Gasteiger partial charge is 0.384 e. The van der Waals surface area contributed by atoms with Crippen molar-refractivity contribution in [3.63, 3.8) is 0 Å². The first-order chi connectivity index (χ1) is 22.6. The highest BCUT2D eigenvalue weighted by atomic mass is 32.2. The number of hydrogen-bond acceptors (Lipinski definition) is 7. The van der Waals surface area contributed by atoms with E-state index in [1.807, 2.05) is 0 Å². The number of benzene rings is 2. The minimum absolute atomic E-state index is 0.0442. The van der Waals surface area contributed by atoms with Gasteiger partial charge in [-0.25, -0.2) is 13.1 Å². The van der Waals surface area contributed by atoms with E-state index in [0.29, 0.717) is 36.3 Å². The number of nitrogens with two attached hydrogens (primary N) is 1. The van der Waals surface area contributed by atoms with Gasteiger partial charge >= 0.3 is 0 Å². The van der Waals surface area contributed by atoms with E-state index < -0.39 is 28.0 Å². The van der Waals surface area contributed by atoms with E-state index in [9.17, 15) is 23.2 Å². The SMILES string of the molecule is N=C(N)c1ccc(CNC(=O)[C@H](CCC2CCNCC2)NC(=O)[C@@H](CCCc2cc[n+](O)cc2)NS(=O)(=O)Cc2ccccc2)cc1. The standard InChI is InChI=1S/C34H45N7O5S/c35-32(36)29-12-9-27(10-13-29)23-38-33(42)30(14-11-26-15-19-37-20-16-26)39-34(43)31(8-4-7-25-17-21-41(44)22-18-25)40-47(45,46)24-28-5-2-1-3-6-28/h1-3,5-6,9-10,12-13,17-18,21-22,26,30-31,37,40H,4,7-8,11,14-16,19-20,23-24H2,(H5-,35,36,38,39,42,43,44)/p+1/t30-,31+/m0/s1. The molecule has 12 nitrogen and oxygen atoms in total. The Bertz CT molecular complexity index is 1560. The number of nitrogen functional groups attached to an aromatic ring is 1. The van der Waals surface area contributed by atoms with Crippen LogP contribution in [0.3, 0.4) is 0 Å². The van der Waals surface area contributed by atoms with Crippen molar-refractivity contribution in [1.82, 2.24) is 20.7 Å². The van der Waals surface area contributed by atoms with Crippen molar-refractivity contribution in [2.24, 2.45) is 11.7 Å². The van der Waals surface area contributed by atoms with Gasteiger partial charge in [0.15, 0.2) is 0 Å². The van der Waals surface area contributed by atoms with Crippen molar-refractivity contribution in [3.05, 3.63) is 101 Å². The molecule has 0 saturated carbocycles. The van der Waals surface area contributed by atoms with E-state index >= 15 is 0 Å². The van der Waals surface area contributed by atoms with Gasteiger partial charge in [-0.15, -0.1) is 0 Å². The van der Waals surface area contributed by atoms with Crippen LogP contribution in [0, 0.1) is 11.3 Å². The molecule has 0 aliphatic carbocycles. The monoisotopic (exact) mass is 664 g/mol. The molecule has 4 rings (SSSR count). The lowest BCUT2D eigenvalue weighted by Gasteiger charge is -2.26. The molecule has 2 amide bonds.